The van der Waals surface area contributed by atoms with E-state index in [2.05, 4.69) is 17.2 Å². The molecule has 1 unspecified atom stereocenters. The largest absolute Gasteiger partial charge is 0.508 e. The van der Waals surface area contributed by atoms with Gasteiger partial charge in [-0.1, -0.05) is 25.1 Å². The number of hydrogen-bond donors (Lipinski definition) is 2. The van der Waals surface area contributed by atoms with Crippen LogP contribution in [0.3, 0.4) is 0 Å². The van der Waals surface area contributed by atoms with Gasteiger partial charge in [-0.05, 0) is 29.7 Å². The Labute approximate surface area is 119 Å². The molecule has 0 fully saturated rings. The Balaban J connectivity index is 1.97. The number of nitrogens with zero attached hydrogens (tertiary/aromatic N) is 1. The van der Waals surface area contributed by atoms with E-state index in [-0.39, 0.29) is 6.04 Å². The number of ether oxygens (including phenoxy) is 1. The number of rotatable bonds is 6. The normalized spacial score (nSPS) is 12.1. The van der Waals surface area contributed by atoms with Crippen molar-refractivity contribution in [1.82, 2.24) is 10.3 Å². The summed E-state index contributed by atoms with van der Waals surface area (Å²) in [5.74, 6) is 0.919. The molecule has 1 heterocycles. The third kappa shape index (κ3) is 3.71. The SMILES string of the molecule is CCC(NCc1ccc(OC)nc1)c1ccc(O)cc1. The maximum atomic E-state index is 9.33. The summed E-state index contributed by atoms with van der Waals surface area (Å²) >= 11 is 0. The lowest BCUT2D eigenvalue weighted by atomic mass is 10.0. The molecular formula is C16H20N2O2. The zero-order valence-electron chi connectivity index (χ0n) is 11.8. The molecular weight excluding hydrogens is 252 g/mol. The Morgan fingerprint density at radius 3 is 2.50 bits per heavy atom. The van der Waals surface area contributed by atoms with Gasteiger partial charge >= 0.3 is 0 Å². The smallest absolute Gasteiger partial charge is 0.212 e. The van der Waals surface area contributed by atoms with Crippen LogP contribution in [0.4, 0.5) is 0 Å². The maximum absolute atomic E-state index is 9.33. The van der Waals surface area contributed by atoms with Crippen molar-refractivity contribution in [3.8, 4) is 11.6 Å². The summed E-state index contributed by atoms with van der Waals surface area (Å²) in [5.41, 5.74) is 2.29. The Kier molecular flexibility index (Phi) is 4.96. The predicted octanol–water partition coefficient (Wildman–Crippen LogP) is 3.04. The molecule has 0 saturated carbocycles. The first-order valence-corrected chi connectivity index (χ1v) is 6.74. The summed E-state index contributed by atoms with van der Waals surface area (Å²) in [6.45, 7) is 2.88. The van der Waals surface area contributed by atoms with Crippen LogP contribution in [0.1, 0.15) is 30.5 Å². The van der Waals surface area contributed by atoms with Crippen molar-refractivity contribution in [2.45, 2.75) is 25.9 Å². The van der Waals surface area contributed by atoms with Gasteiger partial charge in [0.1, 0.15) is 5.75 Å². The van der Waals surface area contributed by atoms with Crippen molar-refractivity contribution < 1.29 is 9.84 Å². The minimum absolute atomic E-state index is 0.262. The Morgan fingerprint density at radius 1 is 1.20 bits per heavy atom. The van der Waals surface area contributed by atoms with Crippen LogP contribution in [0.25, 0.3) is 0 Å². The lowest BCUT2D eigenvalue weighted by molar-refractivity contribution is 0.397. The third-order valence-electron chi connectivity index (χ3n) is 3.26. The van der Waals surface area contributed by atoms with E-state index >= 15 is 0 Å². The van der Waals surface area contributed by atoms with Crippen molar-refractivity contribution in [1.29, 1.82) is 0 Å². The van der Waals surface area contributed by atoms with Gasteiger partial charge in [0, 0.05) is 24.8 Å². The summed E-state index contributed by atoms with van der Waals surface area (Å²) in [4.78, 5) is 4.19. The van der Waals surface area contributed by atoms with Crippen molar-refractivity contribution in [3.63, 3.8) is 0 Å². The molecule has 0 aliphatic rings. The topological polar surface area (TPSA) is 54.4 Å². The molecule has 2 rings (SSSR count). The van der Waals surface area contributed by atoms with Gasteiger partial charge in [-0.25, -0.2) is 4.98 Å². The van der Waals surface area contributed by atoms with Gasteiger partial charge in [0.2, 0.25) is 5.88 Å². The number of benzene rings is 1. The van der Waals surface area contributed by atoms with E-state index in [1.807, 2.05) is 30.5 Å². The Hall–Kier alpha value is -2.07. The van der Waals surface area contributed by atoms with Gasteiger partial charge in [0.05, 0.1) is 7.11 Å². The molecule has 1 atom stereocenters. The van der Waals surface area contributed by atoms with Gasteiger partial charge in [-0.15, -0.1) is 0 Å². The molecule has 0 saturated heterocycles. The standard InChI is InChI=1S/C16H20N2O2/c1-3-15(13-5-7-14(19)8-6-13)17-10-12-4-9-16(20-2)18-11-12/h4-9,11,15,17,19H,3,10H2,1-2H3. The van der Waals surface area contributed by atoms with Crippen molar-refractivity contribution in [3.05, 3.63) is 53.7 Å². The quantitative estimate of drug-likeness (QED) is 0.848. The van der Waals surface area contributed by atoms with E-state index in [9.17, 15) is 5.11 Å². The fourth-order valence-electron chi connectivity index (χ4n) is 2.08. The lowest BCUT2D eigenvalue weighted by Gasteiger charge is -2.17. The van der Waals surface area contributed by atoms with Gasteiger partial charge in [-0.3, -0.25) is 0 Å². The number of phenolic OH excluding ortho intramolecular Hbond substituents is 1. The number of nitrogens with one attached hydrogen (secondary N) is 1. The number of aromatic hydroxyl groups is 1. The minimum atomic E-state index is 0.262. The van der Waals surface area contributed by atoms with Crippen LogP contribution in [0, 0.1) is 0 Å². The molecule has 4 nitrogen and oxygen atoms in total. The second-order valence-corrected chi connectivity index (χ2v) is 4.64. The number of hydrogen-bond acceptors (Lipinski definition) is 4. The van der Waals surface area contributed by atoms with Crippen molar-refractivity contribution >= 4 is 0 Å². The van der Waals surface area contributed by atoms with Crippen LogP contribution in [0.15, 0.2) is 42.6 Å². The highest BCUT2D eigenvalue weighted by Gasteiger charge is 2.08. The summed E-state index contributed by atoms with van der Waals surface area (Å²) in [6.07, 6.45) is 2.80. The molecule has 0 bridgehead atoms. The molecule has 2 N–H and O–H groups in total. The zero-order valence-corrected chi connectivity index (χ0v) is 11.8. The van der Waals surface area contributed by atoms with E-state index < -0.39 is 0 Å². The van der Waals surface area contributed by atoms with E-state index in [0.717, 1.165) is 18.5 Å². The molecule has 1 aromatic heterocycles. The van der Waals surface area contributed by atoms with Crippen LogP contribution in [-0.4, -0.2) is 17.2 Å². The van der Waals surface area contributed by atoms with Gasteiger partial charge in [0.25, 0.3) is 0 Å². The van der Waals surface area contributed by atoms with Crippen LogP contribution in [0.2, 0.25) is 0 Å². The first-order chi connectivity index (χ1) is 9.72. The molecule has 0 aliphatic carbocycles. The molecule has 2 aromatic rings. The fraction of sp³-hybridized carbons (Fsp3) is 0.312. The second kappa shape index (κ2) is 6.91. The summed E-state index contributed by atoms with van der Waals surface area (Å²) in [6, 6.07) is 11.5. The van der Waals surface area contributed by atoms with Crippen LogP contribution < -0.4 is 10.1 Å². The number of aromatic nitrogens is 1. The maximum Gasteiger partial charge on any atom is 0.212 e. The number of methoxy groups -OCH3 is 1. The molecule has 20 heavy (non-hydrogen) atoms. The van der Waals surface area contributed by atoms with Gasteiger partial charge < -0.3 is 15.2 Å². The first kappa shape index (κ1) is 14.3. The van der Waals surface area contributed by atoms with E-state index in [1.165, 1.54) is 5.56 Å². The van der Waals surface area contributed by atoms with E-state index in [1.54, 1.807) is 19.2 Å². The highest BCUT2D eigenvalue weighted by atomic mass is 16.5. The summed E-state index contributed by atoms with van der Waals surface area (Å²) < 4.78 is 5.04. The van der Waals surface area contributed by atoms with Crippen molar-refractivity contribution in [2.24, 2.45) is 0 Å². The summed E-state index contributed by atoms with van der Waals surface area (Å²) in [5, 5.41) is 12.8. The fourth-order valence-corrected chi connectivity index (χ4v) is 2.08. The molecule has 1 aromatic carbocycles. The van der Waals surface area contributed by atoms with Crippen LogP contribution in [-0.2, 0) is 6.54 Å². The van der Waals surface area contributed by atoms with Crippen LogP contribution >= 0.6 is 0 Å². The number of pyridine rings is 1. The molecule has 4 heteroatoms. The molecule has 106 valence electrons. The highest BCUT2D eigenvalue weighted by Crippen LogP contribution is 2.20. The average Bonchev–Trinajstić information content (AvgIpc) is 2.50. The molecule has 0 aliphatic heterocycles. The highest BCUT2D eigenvalue weighted by molar-refractivity contribution is 5.28. The predicted molar refractivity (Wildman–Crippen MR) is 78.8 cm³/mol. The monoisotopic (exact) mass is 272 g/mol. The van der Waals surface area contributed by atoms with Crippen LogP contribution in [0.5, 0.6) is 11.6 Å². The Morgan fingerprint density at radius 2 is 1.95 bits per heavy atom. The molecule has 0 radical (unpaired) electrons. The van der Waals surface area contributed by atoms with E-state index in [4.69, 9.17) is 4.74 Å². The first-order valence-electron chi connectivity index (χ1n) is 6.74. The number of phenols is 1. The van der Waals surface area contributed by atoms with Crippen molar-refractivity contribution in [2.75, 3.05) is 7.11 Å². The lowest BCUT2D eigenvalue weighted by Crippen LogP contribution is -2.20. The van der Waals surface area contributed by atoms with E-state index in [0.29, 0.717) is 11.6 Å². The Bertz CT molecular complexity index is 523. The molecule has 0 spiro atoms. The third-order valence-corrected chi connectivity index (χ3v) is 3.26. The zero-order chi connectivity index (χ0) is 14.4. The second-order valence-electron chi connectivity index (χ2n) is 4.64. The summed E-state index contributed by atoms with van der Waals surface area (Å²) in [7, 11) is 1.61. The molecule has 0 amide bonds. The average molecular weight is 272 g/mol. The van der Waals surface area contributed by atoms with Gasteiger partial charge in [0.15, 0.2) is 0 Å². The van der Waals surface area contributed by atoms with Gasteiger partial charge in [-0.2, -0.15) is 0 Å². The minimum Gasteiger partial charge on any atom is -0.508 e.